The van der Waals surface area contributed by atoms with Gasteiger partial charge in [0.05, 0.1) is 22.6 Å². The molecule has 1 unspecified atom stereocenters. The fourth-order valence-electron chi connectivity index (χ4n) is 2.06. The lowest BCUT2D eigenvalue weighted by molar-refractivity contribution is 0.561. The number of aryl methyl sites for hydroxylation is 3. The first kappa shape index (κ1) is 13.0. The molecule has 2 aromatic rings. The minimum Gasteiger partial charge on any atom is -0.270 e. The summed E-state index contributed by atoms with van der Waals surface area (Å²) in [5.41, 5.74) is 6.59. The number of hydrazine groups is 1. The predicted molar refractivity (Wildman–Crippen MR) is 71.1 cm³/mol. The molecular formula is C12H16ClN5. The monoisotopic (exact) mass is 265 g/mol. The Kier molecular flexibility index (Phi) is 3.65. The third-order valence-electron chi connectivity index (χ3n) is 2.91. The highest BCUT2D eigenvalue weighted by Crippen LogP contribution is 2.27. The largest absolute Gasteiger partial charge is 0.270 e. The van der Waals surface area contributed by atoms with Crippen LogP contribution < -0.4 is 11.3 Å². The number of hydrogen-bond acceptors (Lipinski definition) is 4. The van der Waals surface area contributed by atoms with Crippen molar-refractivity contribution in [1.29, 1.82) is 0 Å². The summed E-state index contributed by atoms with van der Waals surface area (Å²) in [6.07, 6.45) is 3.42. The summed E-state index contributed by atoms with van der Waals surface area (Å²) in [4.78, 5) is 4.44. The van der Waals surface area contributed by atoms with E-state index in [0.717, 1.165) is 22.5 Å². The zero-order valence-electron chi connectivity index (χ0n) is 10.6. The molecule has 0 saturated heterocycles. The number of pyridine rings is 1. The average Bonchev–Trinajstić information content (AvgIpc) is 2.64. The Bertz CT molecular complexity index is 544. The first-order chi connectivity index (χ1) is 8.54. The van der Waals surface area contributed by atoms with Crippen LogP contribution in [0.3, 0.4) is 0 Å². The summed E-state index contributed by atoms with van der Waals surface area (Å²) < 4.78 is 1.70. The van der Waals surface area contributed by atoms with Crippen LogP contribution >= 0.6 is 11.6 Å². The standard InChI is InChI=1S/C12H16ClN5/c1-7-4-8(2)10(15-5-7)11(17-14)12-9(13)6-16-18(12)3/h4-6,11,17H,14H2,1-3H3. The lowest BCUT2D eigenvalue weighted by Crippen LogP contribution is -2.31. The van der Waals surface area contributed by atoms with E-state index in [1.165, 1.54) is 0 Å². The molecule has 0 amide bonds. The number of hydrogen-bond donors (Lipinski definition) is 2. The van der Waals surface area contributed by atoms with Gasteiger partial charge in [-0.25, -0.2) is 5.43 Å². The van der Waals surface area contributed by atoms with Crippen molar-refractivity contribution in [2.45, 2.75) is 19.9 Å². The van der Waals surface area contributed by atoms with Gasteiger partial charge in [-0.05, 0) is 25.0 Å². The summed E-state index contributed by atoms with van der Waals surface area (Å²) in [7, 11) is 1.83. The van der Waals surface area contributed by atoms with E-state index in [1.54, 1.807) is 10.9 Å². The number of halogens is 1. The maximum Gasteiger partial charge on any atom is 0.107 e. The van der Waals surface area contributed by atoms with Gasteiger partial charge >= 0.3 is 0 Å². The summed E-state index contributed by atoms with van der Waals surface area (Å²) in [6, 6.07) is 1.79. The fourth-order valence-corrected chi connectivity index (χ4v) is 2.34. The Morgan fingerprint density at radius 2 is 2.11 bits per heavy atom. The zero-order chi connectivity index (χ0) is 13.3. The molecule has 96 valence electrons. The van der Waals surface area contributed by atoms with Crippen LogP contribution in [0.2, 0.25) is 5.02 Å². The number of nitrogens with zero attached hydrogens (tertiary/aromatic N) is 3. The summed E-state index contributed by atoms with van der Waals surface area (Å²) in [5, 5.41) is 4.69. The van der Waals surface area contributed by atoms with Crippen molar-refractivity contribution < 1.29 is 0 Å². The van der Waals surface area contributed by atoms with Crippen molar-refractivity contribution in [2.75, 3.05) is 0 Å². The molecule has 0 bridgehead atoms. The van der Waals surface area contributed by atoms with E-state index in [0.29, 0.717) is 5.02 Å². The maximum atomic E-state index is 6.15. The van der Waals surface area contributed by atoms with Crippen molar-refractivity contribution >= 4 is 11.6 Å². The lowest BCUT2D eigenvalue weighted by Gasteiger charge is -2.18. The third-order valence-corrected chi connectivity index (χ3v) is 3.20. The topological polar surface area (TPSA) is 68.8 Å². The van der Waals surface area contributed by atoms with Crippen LogP contribution in [0.15, 0.2) is 18.5 Å². The van der Waals surface area contributed by atoms with Crippen molar-refractivity contribution in [2.24, 2.45) is 12.9 Å². The second-order valence-electron chi connectivity index (χ2n) is 4.32. The second-order valence-corrected chi connectivity index (χ2v) is 4.72. The second kappa shape index (κ2) is 5.06. The molecule has 0 fully saturated rings. The molecule has 0 aromatic carbocycles. The van der Waals surface area contributed by atoms with Gasteiger partial charge < -0.3 is 0 Å². The molecule has 1 atom stereocenters. The van der Waals surface area contributed by atoms with Crippen molar-refractivity contribution in [3.8, 4) is 0 Å². The van der Waals surface area contributed by atoms with E-state index in [1.807, 2.05) is 27.1 Å². The van der Waals surface area contributed by atoms with Gasteiger partial charge in [0.25, 0.3) is 0 Å². The van der Waals surface area contributed by atoms with Gasteiger partial charge in [-0.1, -0.05) is 17.7 Å². The van der Waals surface area contributed by atoms with Crippen LogP contribution in [-0.2, 0) is 7.05 Å². The van der Waals surface area contributed by atoms with E-state index in [4.69, 9.17) is 17.4 Å². The van der Waals surface area contributed by atoms with Gasteiger partial charge in [0.1, 0.15) is 6.04 Å². The molecule has 6 heteroatoms. The minimum absolute atomic E-state index is 0.273. The van der Waals surface area contributed by atoms with Gasteiger partial charge in [0.15, 0.2) is 0 Å². The zero-order valence-corrected chi connectivity index (χ0v) is 11.4. The molecule has 0 aliphatic heterocycles. The number of aromatic nitrogens is 3. The number of nitrogens with two attached hydrogens (primary N) is 1. The molecule has 0 spiro atoms. The molecule has 0 saturated carbocycles. The summed E-state index contributed by atoms with van der Waals surface area (Å²) >= 11 is 6.15. The van der Waals surface area contributed by atoms with Gasteiger partial charge in [0.2, 0.25) is 0 Å². The molecule has 0 aliphatic rings. The molecular weight excluding hydrogens is 250 g/mol. The highest BCUT2D eigenvalue weighted by Gasteiger charge is 2.22. The van der Waals surface area contributed by atoms with Gasteiger partial charge in [-0.15, -0.1) is 0 Å². The van der Waals surface area contributed by atoms with Gasteiger partial charge in [-0.2, -0.15) is 5.10 Å². The van der Waals surface area contributed by atoms with Crippen LogP contribution in [-0.4, -0.2) is 14.8 Å². The SMILES string of the molecule is Cc1cnc(C(NN)c2c(Cl)cnn2C)c(C)c1. The molecule has 0 aliphatic carbocycles. The van der Waals surface area contributed by atoms with Crippen LogP contribution in [0.4, 0.5) is 0 Å². The predicted octanol–water partition coefficient (Wildman–Crippen LogP) is 1.64. The van der Waals surface area contributed by atoms with E-state index < -0.39 is 0 Å². The van der Waals surface area contributed by atoms with E-state index in [-0.39, 0.29) is 6.04 Å². The number of nitrogens with one attached hydrogen (secondary N) is 1. The molecule has 18 heavy (non-hydrogen) atoms. The molecule has 3 N–H and O–H groups in total. The van der Waals surface area contributed by atoms with E-state index >= 15 is 0 Å². The van der Waals surface area contributed by atoms with Crippen LogP contribution in [0.1, 0.15) is 28.6 Å². The van der Waals surface area contributed by atoms with Crippen LogP contribution in [0.25, 0.3) is 0 Å². The molecule has 2 aromatic heterocycles. The molecule has 2 rings (SSSR count). The Morgan fingerprint density at radius 1 is 1.39 bits per heavy atom. The minimum atomic E-state index is -0.273. The smallest absolute Gasteiger partial charge is 0.107 e. The summed E-state index contributed by atoms with van der Waals surface area (Å²) in [6.45, 7) is 4.01. The lowest BCUT2D eigenvalue weighted by atomic mass is 10.0. The Morgan fingerprint density at radius 3 is 2.61 bits per heavy atom. The van der Waals surface area contributed by atoms with Crippen molar-refractivity contribution in [1.82, 2.24) is 20.2 Å². The molecule has 0 radical (unpaired) electrons. The number of rotatable bonds is 3. The highest BCUT2D eigenvalue weighted by molar-refractivity contribution is 6.31. The summed E-state index contributed by atoms with van der Waals surface area (Å²) in [5.74, 6) is 5.65. The maximum absolute atomic E-state index is 6.15. The first-order valence-electron chi connectivity index (χ1n) is 5.61. The van der Waals surface area contributed by atoms with E-state index in [2.05, 4.69) is 21.6 Å². The van der Waals surface area contributed by atoms with Crippen LogP contribution in [0.5, 0.6) is 0 Å². The van der Waals surface area contributed by atoms with Gasteiger partial charge in [-0.3, -0.25) is 15.5 Å². The molecule has 2 heterocycles. The highest BCUT2D eigenvalue weighted by atomic mass is 35.5. The van der Waals surface area contributed by atoms with Crippen LogP contribution in [0, 0.1) is 13.8 Å². The Balaban J connectivity index is 2.52. The first-order valence-corrected chi connectivity index (χ1v) is 5.99. The quantitative estimate of drug-likeness (QED) is 0.654. The Hall–Kier alpha value is -1.43. The molecule has 5 nitrogen and oxygen atoms in total. The Labute approximate surface area is 111 Å². The van der Waals surface area contributed by atoms with Crippen molar-refractivity contribution in [3.63, 3.8) is 0 Å². The van der Waals surface area contributed by atoms with Crippen molar-refractivity contribution in [3.05, 3.63) is 46.0 Å². The van der Waals surface area contributed by atoms with E-state index in [9.17, 15) is 0 Å². The average molecular weight is 266 g/mol. The van der Waals surface area contributed by atoms with Gasteiger partial charge in [0, 0.05) is 13.2 Å². The fraction of sp³-hybridized carbons (Fsp3) is 0.333. The third kappa shape index (κ3) is 2.25. The normalized spacial score (nSPS) is 12.7.